The van der Waals surface area contributed by atoms with Crippen molar-refractivity contribution in [3.63, 3.8) is 0 Å². The second-order valence-corrected chi connectivity index (χ2v) is 7.08. The number of aliphatic hydroxyl groups is 1. The zero-order chi connectivity index (χ0) is 17.7. The van der Waals surface area contributed by atoms with Gasteiger partial charge in [0.15, 0.2) is 0 Å². The first kappa shape index (κ1) is 18.2. The molecule has 0 radical (unpaired) electrons. The summed E-state index contributed by atoms with van der Waals surface area (Å²) in [6, 6.07) is 13.3. The van der Waals surface area contributed by atoms with E-state index in [4.69, 9.17) is 10.5 Å². The Bertz CT molecular complexity index is 694. The van der Waals surface area contributed by atoms with E-state index < -0.39 is 18.1 Å². The summed E-state index contributed by atoms with van der Waals surface area (Å²) in [6.45, 7) is 6.15. The molecular weight excluding hydrogens is 304 g/mol. The van der Waals surface area contributed by atoms with Gasteiger partial charge in [-0.05, 0) is 28.3 Å². The zero-order valence-corrected chi connectivity index (χ0v) is 14.5. The molecule has 0 aliphatic carbocycles. The number of amides is 1. The third kappa shape index (κ3) is 4.94. The highest BCUT2D eigenvalue weighted by Crippen LogP contribution is 2.21. The lowest BCUT2D eigenvalue weighted by Crippen LogP contribution is -2.52. The minimum absolute atomic E-state index is 0.140. The minimum atomic E-state index is -0.735. The second kappa shape index (κ2) is 7.64. The Hall–Kier alpha value is -2.11. The number of ether oxygens (including phenoxy) is 1. The second-order valence-electron chi connectivity index (χ2n) is 7.08. The van der Waals surface area contributed by atoms with Crippen LogP contribution in [0.3, 0.4) is 0 Å². The van der Waals surface area contributed by atoms with Gasteiger partial charge in [-0.3, -0.25) is 4.79 Å². The van der Waals surface area contributed by atoms with E-state index in [2.05, 4.69) is 5.32 Å². The van der Waals surface area contributed by atoms with Crippen LogP contribution in [0.5, 0.6) is 5.75 Å². The first-order valence-electron chi connectivity index (χ1n) is 8.10. The van der Waals surface area contributed by atoms with Crippen LogP contribution in [0.25, 0.3) is 10.8 Å². The van der Waals surface area contributed by atoms with Crippen molar-refractivity contribution in [1.82, 2.24) is 5.32 Å². The van der Waals surface area contributed by atoms with Crippen molar-refractivity contribution in [3.8, 4) is 5.75 Å². The summed E-state index contributed by atoms with van der Waals surface area (Å²) >= 11 is 0. The van der Waals surface area contributed by atoms with Gasteiger partial charge < -0.3 is 20.9 Å². The normalized spacial score (nSPS) is 14.3. The van der Waals surface area contributed by atoms with Crippen LogP contribution in [-0.4, -0.2) is 36.3 Å². The summed E-state index contributed by atoms with van der Waals surface area (Å²) in [5.41, 5.74) is 5.10. The van der Waals surface area contributed by atoms with E-state index in [1.54, 1.807) is 0 Å². The number of aliphatic hydroxyl groups excluding tert-OH is 1. The van der Waals surface area contributed by atoms with Gasteiger partial charge in [0.1, 0.15) is 18.5 Å². The van der Waals surface area contributed by atoms with Crippen LogP contribution < -0.4 is 15.8 Å². The quantitative estimate of drug-likeness (QED) is 0.725. The molecule has 0 aliphatic heterocycles. The van der Waals surface area contributed by atoms with Crippen molar-refractivity contribution < 1.29 is 14.6 Å². The van der Waals surface area contributed by atoms with E-state index in [0.717, 1.165) is 10.8 Å². The summed E-state index contributed by atoms with van der Waals surface area (Å²) in [4.78, 5) is 11.5. The Morgan fingerprint density at radius 2 is 1.88 bits per heavy atom. The molecule has 0 bridgehead atoms. The monoisotopic (exact) mass is 330 g/mol. The Labute approximate surface area is 142 Å². The molecule has 0 fully saturated rings. The highest BCUT2D eigenvalue weighted by molar-refractivity contribution is 5.83. The Kier molecular flexibility index (Phi) is 5.80. The number of carbonyl (C=O) groups excluding carboxylic acids is 1. The number of benzene rings is 2. The molecule has 2 rings (SSSR count). The van der Waals surface area contributed by atoms with Crippen molar-refractivity contribution in [2.24, 2.45) is 11.1 Å². The van der Waals surface area contributed by atoms with Crippen LogP contribution in [-0.2, 0) is 4.79 Å². The Balaban J connectivity index is 1.87. The molecule has 130 valence electrons. The number of hydrogen-bond donors (Lipinski definition) is 3. The average Bonchev–Trinajstić information content (AvgIpc) is 2.51. The fourth-order valence-electron chi connectivity index (χ4n) is 2.60. The third-order valence-electron chi connectivity index (χ3n) is 3.87. The lowest BCUT2D eigenvalue weighted by atomic mass is 9.86. The number of carbonyl (C=O) groups is 1. The molecular formula is C19H26N2O3. The summed E-state index contributed by atoms with van der Waals surface area (Å²) in [6.07, 6.45) is -0.735. The van der Waals surface area contributed by atoms with E-state index in [9.17, 15) is 9.90 Å². The summed E-state index contributed by atoms with van der Waals surface area (Å²) in [7, 11) is 0. The maximum atomic E-state index is 11.5. The van der Waals surface area contributed by atoms with E-state index in [1.807, 2.05) is 63.2 Å². The molecule has 0 heterocycles. The molecule has 2 aromatic carbocycles. The van der Waals surface area contributed by atoms with Gasteiger partial charge in [0.05, 0.1) is 6.04 Å². The molecule has 2 aromatic rings. The average molecular weight is 330 g/mol. The lowest BCUT2D eigenvalue weighted by molar-refractivity contribution is -0.122. The minimum Gasteiger partial charge on any atom is -0.491 e. The highest BCUT2D eigenvalue weighted by Gasteiger charge is 2.29. The number of nitrogens with two attached hydrogens (primary N) is 1. The van der Waals surface area contributed by atoms with Crippen molar-refractivity contribution in [2.45, 2.75) is 32.9 Å². The summed E-state index contributed by atoms with van der Waals surface area (Å²) in [5.74, 6) is 0.278. The molecule has 0 saturated heterocycles. The third-order valence-corrected chi connectivity index (χ3v) is 3.87. The van der Waals surface area contributed by atoms with Gasteiger partial charge >= 0.3 is 0 Å². The number of primary amides is 1. The van der Waals surface area contributed by atoms with Gasteiger partial charge in [0, 0.05) is 6.54 Å². The molecule has 0 aromatic heterocycles. The van der Waals surface area contributed by atoms with Crippen LogP contribution in [0, 0.1) is 5.41 Å². The molecule has 1 amide bonds. The molecule has 2 atom stereocenters. The summed E-state index contributed by atoms with van der Waals surface area (Å²) in [5, 5.41) is 15.3. The molecule has 0 spiro atoms. The van der Waals surface area contributed by atoms with Gasteiger partial charge in [-0.2, -0.15) is 0 Å². The van der Waals surface area contributed by atoms with Gasteiger partial charge in [-0.25, -0.2) is 0 Å². The van der Waals surface area contributed by atoms with E-state index in [1.165, 1.54) is 0 Å². The Morgan fingerprint density at radius 3 is 2.50 bits per heavy atom. The van der Waals surface area contributed by atoms with Crippen LogP contribution >= 0.6 is 0 Å². The maximum absolute atomic E-state index is 11.5. The fourth-order valence-corrected chi connectivity index (χ4v) is 2.60. The largest absolute Gasteiger partial charge is 0.491 e. The summed E-state index contributed by atoms with van der Waals surface area (Å²) < 4.78 is 5.65. The topological polar surface area (TPSA) is 84.6 Å². The zero-order valence-electron chi connectivity index (χ0n) is 14.5. The van der Waals surface area contributed by atoms with Gasteiger partial charge in [-0.1, -0.05) is 51.1 Å². The predicted molar refractivity (Wildman–Crippen MR) is 95.9 cm³/mol. The van der Waals surface area contributed by atoms with Crippen LogP contribution in [0.4, 0.5) is 0 Å². The molecule has 4 N–H and O–H groups in total. The van der Waals surface area contributed by atoms with Crippen molar-refractivity contribution in [2.75, 3.05) is 13.2 Å². The van der Waals surface area contributed by atoms with Gasteiger partial charge in [0.25, 0.3) is 0 Å². The Morgan fingerprint density at radius 1 is 1.21 bits per heavy atom. The van der Waals surface area contributed by atoms with E-state index in [-0.39, 0.29) is 18.6 Å². The molecule has 0 saturated carbocycles. The molecule has 0 aliphatic rings. The van der Waals surface area contributed by atoms with E-state index >= 15 is 0 Å². The van der Waals surface area contributed by atoms with Crippen LogP contribution in [0.2, 0.25) is 0 Å². The number of rotatable bonds is 7. The smallest absolute Gasteiger partial charge is 0.235 e. The van der Waals surface area contributed by atoms with E-state index in [0.29, 0.717) is 5.75 Å². The number of nitrogens with one attached hydrogen (secondary N) is 1. The molecule has 5 nitrogen and oxygen atoms in total. The number of fused-ring (bicyclic) bond motifs is 1. The first-order valence-corrected chi connectivity index (χ1v) is 8.10. The highest BCUT2D eigenvalue weighted by atomic mass is 16.5. The van der Waals surface area contributed by atoms with Crippen molar-refractivity contribution in [3.05, 3.63) is 42.5 Å². The number of hydrogen-bond acceptors (Lipinski definition) is 4. The fraction of sp³-hybridized carbons (Fsp3) is 0.421. The van der Waals surface area contributed by atoms with Gasteiger partial charge in [-0.15, -0.1) is 0 Å². The lowest BCUT2D eigenvalue weighted by Gasteiger charge is -2.29. The standard InChI is InChI=1S/C19H26N2O3/c1-19(2,3)17(18(20)23)21-11-15(22)12-24-16-9-8-13-6-4-5-7-14(13)10-16/h4-10,15,17,21-22H,11-12H2,1-3H3,(H2,20,23)/t15?,17-/m1/s1. The van der Waals surface area contributed by atoms with Gasteiger partial charge in [0.2, 0.25) is 5.91 Å². The van der Waals surface area contributed by atoms with Crippen LogP contribution in [0.15, 0.2) is 42.5 Å². The van der Waals surface area contributed by atoms with Crippen molar-refractivity contribution in [1.29, 1.82) is 0 Å². The predicted octanol–water partition coefficient (Wildman–Crippen LogP) is 2.07. The SMILES string of the molecule is CC(C)(C)[C@H](NCC(O)COc1ccc2ccccc2c1)C(N)=O. The molecule has 1 unspecified atom stereocenters. The molecule has 24 heavy (non-hydrogen) atoms. The molecule has 5 heteroatoms. The van der Waals surface area contributed by atoms with Crippen LogP contribution in [0.1, 0.15) is 20.8 Å². The maximum Gasteiger partial charge on any atom is 0.235 e. The first-order chi connectivity index (χ1) is 11.3. The van der Waals surface area contributed by atoms with Crippen molar-refractivity contribution >= 4 is 16.7 Å².